The smallest absolute Gasteiger partial charge is 0.145 e. The van der Waals surface area contributed by atoms with Crippen molar-refractivity contribution < 1.29 is 14.2 Å². The van der Waals surface area contributed by atoms with Crippen LogP contribution < -0.4 is 15.8 Å². The number of ether oxygens (including phenoxy) is 1. The van der Waals surface area contributed by atoms with Crippen molar-refractivity contribution in [2.45, 2.75) is 6.54 Å². The van der Waals surface area contributed by atoms with Crippen LogP contribution in [0.5, 0.6) is 11.5 Å². The van der Waals surface area contributed by atoms with Gasteiger partial charge in [-0.3, -0.25) is 0 Å². The fourth-order valence-corrected chi connectivity index (χ4v) is 1.97. The monoisotopic (exact) mass is 301 g/mol. The van der Waals surface area contributed by atoms with Crippen molar-refractivity contribution in [3.63, 3.8) is 0 Å². The van der Waals surface area contributed by atoms with Gasteiger partial charge in [0.05, 0.1) is 12.2 Å². The third-order valence-electron chi connectivity index (χ3n) is 3.01. The Morgan fingerprint density at radius 2 is 2.09 bits per heavy atom. The standard InChI is InChI=1S/C16H16FN3O2/c17-13-1-4-16(12(7-13)10-19)22-14-2-3-15(20-5-6-21)11(8-14)9-18/h1-4,7-8,20-21H,5-6,9,18H2. The highest BCUT2D eigenvalue weighted by Crippen LogP contribution is 2.28. The predicted octanol–water partition coefficient (Wildman–Crippen LogP) is 2.35. The Balaban J connectivity index is 2.25. The molecule has 114 valence electrons. The third-order valence-corrected chi connectivity index (χ3v) is 3.01. The average molecular weight is 301 g/mol. The van der Waals surface area contributed by atoms with Crippen molar-refractivity contribution in [2.75, 3.05) is 18.5 Å². The largest absolute Gasteiger partial charge is 0.456 e. The molecule has 2 aromatic rings. The van der Waals surface area contributed by atoms with Crippen LogP contribution in [0.1, 0.15) is 11.1 Å². The number of rotatable bonds is 6. The van der Waals surface area contributed by atoms with E-state index in [1.54, 1.807) is 18.2 Å². The van der Waals surface area contributed by atoms with Crippen LogP contribution in [0, 0.1) is 17.1 Å². The lowest BCUT2D eigenvalue weighted by Crippen LogP contribution is -2.09. The Morgan fingerprint density at radius 1 is 1.27 bits per heavy atom. The second kappa shape index (κ2) is 7.41. The van der Waals surface area contributed by atoms with Gasteiger partial charge in [-0.05, 0) is 42.0 Å². The zero-order chi connectivity index (χ0) is 15.9. The molecule has 0 spiro atoms. The van der Waals surface area contributed by atoms with E-state index in [9.17, 15) is 4.39 Å². The van der Waals surface area contributed by atoms with Crippen LogP contribution in [-0.4, -0.2) is 18.3 Å². The van der Waals surface area contributed by atoms with Crippen molar-refractivity contribution in [1.82, 2.24) is 0 Å². The van der Waals surface area contributed by atoms with Crippen molar-refractivity contribution >= 4 is 5.69 Å². The number of nitrogens with one attached hydrogen (secondary N) is 1. The van der Waals surface area contributed by atoms with Gasteiger partial charge < -0.3 is 20.9 Å². The Hall–Kier alpha value is -2.62. The molecule has 4 N–H and O–H groups in total. The van der Waals surface area contributed by atoms with Gasteiger partial charge in [0.15, 0.2) is 0 Å². The normalized spacial score (nSPS) is 10.1. The first-order valence-electron chi connectivity index (χ1n) is 6.73. The van der Waals surface area contributed by atoms with Crippen LogP contribution in [0.2, 0.25) is 0 Å². The lowest BCUT2D eigenvalue weighted by molar-refractivity contribution is 0.311. The quantitative estimate of drug-likeness (QED) is 0.762. The van der Waals surface area contributed by atoms with Gasteiger partial charge in [-0.1, -0.05) is 0 Å². The molecule has 22 heavy (non-hydrogen) atoms. The van der Waals surface area contributed by atoms with E-state index in [0.717, 1.165) is 17.3 Å². The highest BCUT2D eigenvalue weighted by molar-refractivity contribution is 5.55. The highest BCUT2D eigenvalue weighted by atomic mass is 19.1. The minimum absolute atomic E-state index is 0.0172. The molecule has 2 rings (SSSR count). The van der Waals surface area contributed by atoms with E-state index in [0.29, 0.717) is 18.8 Å². The summed E-state index contributed by atoms with van der Waals surface area (Å²) < 4.78 is 18.7. The number of nitrogens with zero attached hydrogens (tertiary/aromatic N) is 1. The number of nitrogens with two attached hydrogens (primary N) is 1. The molecule has 5 nitrogen and oxygen atoms in total. The summed E-state index contributed by atoms with van der Waals surface area (Å²) in [6.45, 7) is 0.729. The van der Waals surface area contributed by atoms with Gasteiger partial charge in [-0.2, -0.15) is 5.26 Å². The summed E-state index contributed by atoms with van der Waals surface area (Å²) in [6.07, 6.45) is 0. The van der Waals surface area contributed by atoms with E-state index in [-0.39, 0.29) is 17.9 Å². The van der Waals surface area contributed by atoms with Gasteiger partial charge in [-0.25, -0.2) is 4.39 Å². The van der Waals surface area contributed by atoms with Gasteiger partial charge in [0.1, 0.15) is 23.4 Å². The Kier molecular flexibility index (Phi) is 5.31. The van der Waals surface area contributed by atoms with Crippen molar-refractivity contribution in [3.05, 3.63) is 53.3 Å². The fourth-order valence-electron chi connectivity index (χ4n) is 1.97. The first-order valence-corrected chi connectivity index (χ1v) is 6.73. The van der Waals surface area contributed by atoms with Crippen LogP contribution in [0.3, 0.4) is 0 Å². The summed E-state index contributed by atoms with van der Waals surface area (Å²) >= 11 is 0. The summed E-state index contributed by atoms with van der Waals surface area (Å²) in [6, 6.07) is 10.9. The van der Waals surface area contributed by atoms with Crippen LogP contribution in [0.4, 0.5) is 10.1 Å². The first-order chi connectivity index (χ1) is 10.7. The number of anilines is 1. The molecule has 0 amide bonds. The molecule has 0 heterocycles. The van der Waals surface area contributed by atoms with Crippen LogP contribution >= 0.6 is 0 Å². The maximum absolute atomic E-state index is 13.1. The molecule has 0 atom stereocenters. The zero-order valence-corrected chi connectivity index (χ0v) is 11.8. The van der Waals surface area contributed by atoms with Crippen molar-refractivity contribution in [2.24, 2.45) is 5.73 Å². The van der Waals surface area contributed by atoms with Gasteiger partial charge >= 0.3 is 0 Å². The molecule has 0 aliphatic heterocycles. The van der Waals surface area contributed by atoms with E-state index >= 15 is 0 Å². The number of aliphatic hydroxyl groups excluding tert-OH is 1. The summed E-state index contributed by atoms with van der Waals surface area (Å²) in [4.78, 5) is 0. The first kappa shape index (κ1) is 15.8. The van der Waals surface area contributed by atoms with E-state index in [4.69, 9.17) is 20.8 Å². The molecule has 0 aliphatic rings. The lowest BCUT2D eigenvalue weighted by atomic mass is 10.1. The second-order valence-corrected chi connectivity index (χ2v) is 4.53. The van der Waals surface area contributed by atoms with Crippen molar-refractivity contribution in [3.8, 4) is 17.6 Å². The summed E-state index contributed by atoms with van der Waals surface area (Å²) in [7, 11) is 0. The maximum Gasteiger partial charge on any atom is 0.145 e. The Labute approximate surface area is 127 Å². The molecule has 0 radical (unpaired) electrons. The molecule has 0 aliphatic carbocycles. The molecule has 0 aromatic heterocycles. The molecular weight excluding hydrogens is 285 g/mol. The Morgan fingerprint density at radius 3 is 2.77 bits per heavy atom. The number of hydrogen-bond donors (Lipinski definition) is 3. The average Bonchev–Trinajstić information content (AvgIpc) is 2.55. The topological polar surface area (TPSA) is 91.3 Å². The lowest BCUT2D eigenvalue weighted by Gasteiger charge is -2.13. The van der Waals surface area contributed by atoms with Crippen LogP contribution in [0.15, 0.2) is 36.4 Å². The molecule has 0 unspecified atom stereocenters. The third kappa shape index (κ3) is 3.73. The van der Waals surface area contributed by atoms with Crippen molar-refractivity contribution in [1.29, 1.82) is 5.26 Å². The van der Waals surface area contributed by atoms with E-state index in [1.165, 1.54) is 12.1 Å². The van der Waals surface area contributed by atoms with Gasteiger partial charge in [-0.15, -0.1) is 0 Å². The van der Waals surface area contributed by atoms with E-state index in [2.05, 4.69) is 5.32 Å². The molecule has 0 fully saturated rings. The number of halogens is 1. The van der Waals surface area contributed by atoms with Crippen LogP contribution in [0.25, 0.3) is 0 Å². The molecule has 0 saturated heterocycles. The summed E-state index contributed by atoms with van der Waals surface area (Å²) in [5.74, 6) is 0.288. The fraction of sp³-hybridized carbons (Fsp3) is 0.188. The minimum atomic E-state index is -0.491. The zero-order valence-electron chi connectivity index (χ0n) is 11.8. The maximum atomic E-state index is 13.1. The molecule has 0 saturated carbocycles. The van der Waals surface area contributed by atoms with Gasteiger partial charge in [0, 0.05) is 18.8 Å². The summed E-state index contributed by atoms with van der Waals surface area (Å²) in [5.41, 5.74) is 7.44. The summed E-state index contributed by atoms with van der Waals surface area (Å²) in [5, 5.41) is 20.9. The molecule has 6 heteroatoms. The van der Waals surface area contributed by atoms with E-state index < -0.39 is 5.82 Å². The number of hydrogen-bond acceptors (Lipinski definition) is 5. The van der Waals surface area contributed by atoms with Gasteiger partial charge in [0.2, 0.25) is 0 Å². The predicted molar refractivity (Wildman–Crippen MR) is 81.1 cm³/mol. The number of benzene rings is 2. The minimum Gasteiger partial charge on any atom is -0.456 e. The van der Waals surface area contributed by atoms with E-state index in [1.807, 2.05) is 6.07 Å². The number of nitriles is 1. The Bertz CT molecular complexity index is 698. The molecular formula is C16H16FN3O2. The number of aliphatic hydroxyl groups is 1. The molecule has 2 aromatic carbocycles. The molecule has 0 bridgehead atoms. The van der Waals surface area contributed by atoms with Gasteiger partial charge in [0.25, 0.3) is 0 Å². The van der Waals surface area contributed by atoms with Crippen LogP contribution in [-0.2, 0) is 6.54 Å². The second-order valence-electron chi connectivity index (χ2n) is 4.53. The SMILES string of the molecule is N#Cc1cc(F)ccc1Oc1ccc(NCCO)c(CN)c1. The highest BCUT2D eigenvalue weighted by Gasteiger charge is 2.08.